The molecule has 0 bridgehead atoms. The van der Waals surface area contributed by atoms with Crippen molar-refractivity contribution in [2.24, 2.45) is 0 Å². The van der Waals surface area contributed by atoms with Crippen LogP contribution in [-0.2, 0) is 24.3 Å². The molecule has 0 aliphatic heterocycles. The highest BCUT2D eigenvalue weighted by atomic mass is 16.2. The Bertz CT molecular complexity index is 1250. The standard InChI is InChI=1S/C23H24N4O2/c1-3-12-26-20-11-6-5-10-18(20)19-14-24-27(23(29)22(19)26)15-21(28)25-17-9-7-8-16(4-2)13-17/h5-11,13-14H,3-4,12,15H2,1-2H3,(H,25,28). The number of benzene rings is 2. The van der Waals surface area contributed by atoms with Crippen molar-refractivity contribution in [3.05, 3.63) is 70.6 Å². The van der Waals surface area contributed by atoms with E-state index in [1.807, 2.05) is 53.1 Å². The average molecular weight is 388 g/mol. The lowest BCUT2D eigenvalue weighted by molar-refractivity contribution is -0.117. The number of carbonyl (C=O) groups is 1. The third kappa shape index (κ3) is 3.53. The van der Waals surface area contributed by atoms with Crippen molar-refractivity contribution in [3.8, 4) is 0 Å². The van der Waals surface area contributed by atoms with Crippen LogP contribution in [0.5, 0.6) is 0 Å². The van der Waals surface area contributed by atoms with E-state index in [2.05, 4.69) is 24.3 Å². The number of nitrogens with zero attached hydrogens (tertiary/aromatic N) is 3. The first-order chi connectivity index (χ1) is 14.1. The fourth-order valence-corrected chi connectivity index (χ4v) is 3.77. The molecule has 6 heteroatoms. The van der Waals surface area contributed by atoms with Gasteiger partial charge in [-0.3, -0.25) is 9.59 Å². The van der Waals surface area contributed by atoms with Crippen LogP contribution in [0.3, 0.4) is 0 Å². The lowest BCUT2D eigenvalue weighted by Crippen LogP contribution is -2.30. The van der Waals surface area contributed by atoms with Crippen molar-refractivity contribution in [2.45, 2.75) is 39.8 Å². The molecule has 0 aliphatic carbocycles. The zero-order chi connectivity index (χ0) is 20.4. The van der Waals surface area contributed by atoms with Gasteiger partial charge in [0.15, 0.2) is 0 Å². The number of aryl methyl sites for hydroxylation is 2. The predicted molar refractivity (Wildman–Crippen MR) is 116 cm³/mol. The van der Waals surface area contributed by atoms with Gasteiger partial charge in [0.05, 0.1) is 6.20 Å². The van der Waals surface area contributed by atoms with E-state index in [0.717, 1.165) is 46.9 Å². The number of carbonyl (C=O) groups excluding carboxylic acids is 1. The Morgan fingerprint density at radius 3 is 2.69 bits per heavy atom. The molecule has 2 heterocycles. The second kappa shape index (κ2) is 7.91. The van der Waals surface area contributed by atoms with Crippen LogP contribution in [-0.4, -0.2) is 20.3 Å². The monoisotopic (exact) mass is 388 g/mol. The predicted octanol–water partition coefficient (Wildman–Crippen LogP) is 3.96. The van der Waals surface area contributed by atoms with E-state index in [9.17, 15) is 9.59 Å². The number of aromatic nitrogens is 3. The van der Waals surface area contributed by atoms with Crippen molar-refractivity contribution in [3.63, 3.8) is 0 Å². The maximum Gasteiger partial charge on any atom is 0.291 e. The number of anilines is 1. The maximum absolute atomic E-state index is 13.2. The second-order valence-corrected chi connectivity index (χ2v) is 7.14. The first-order valence-corrected chi connectivity index (χ1v) is 9.98. The van der Waals surface area contributed by atoms with Gasteiger partial charge in [-0.15, -0.1) is 0 Å². The van der Waals surface area contributed by atoms with E-state index in [-0.39, 0.29) is 18.0 Å². The molecule has 0 saturated heterocycles. The molecule has 1 N–H and O–H groups in total. The molecule has 6 nitrogen and oxygen atoms in total. The number of rotatable bonds is 6. The Labute approximate surface area is 168 Å². The molecule has 0 saturated carbocycles. The lowest BCUT2D eigenvalue weighted by Gasteiger charge is -2.09. The number of para-hydroxylation sites is 1. The maximum atomic E-state index is 13.2. The van der Waals surface area contributed by atoms with Gasteiger partial charge in [0.2, 0.25) is 5.91 Å². The van der Waals surface area contributed by atoms with E-state index in [1.54, 1.807) is 6.20 Å². The SMILES string of the molecule is CCCn1c2ccccc2c2cnn(CC(=O)Nc3cccc(CC)c3)c(=O)c21. The third-order valence-electron chi connectivity index (χ3n) is 5.13. The average Bonchev–Trinajstić information content (AvgIpc) is 3.05. The van der Waals surface area contributed by atoms with Crippen LogP contribution in [0.15, 0.2) is 59.5 Å². The minimum Gasteiger partial charge on any atom is -0.336 e. The first kappa shape index (κ1) is 18.9. The fraction of sp³-hybridized carbons (Fsp3) is 0.261. The smallest absolute Gasteiger partial charge is 0.291 e. The fourth-order valence-electron chi connectivity index (χ4n) is 3.77. The van der Waals surface area contributed by atoms with Gasteiger partial charge in [0, 0.05) is 28.5 Å². The van der Waals surface area contributed by atoms with Crippen LogP contribution in [0, 0.1) is 0 Å². The van der Waals surface area contributed by atoms with Crippen molar-refractivity contribution in [1.82, 2.24) is 14.3 Å². The molecule has 4 rings (SSSR count). The number of hydrogen-bond donors (Lipinski definition) is 1. The van der Waals surface area contributed by atoms with Crippen molar-refractivity contribution in [2.75, 3.05) is 5.32 Å². The first-order valence-electron chi connectivity index (χ1n) is 9.98. The summed E-state index contributed by atoms with van der Waals surface area (Å²) in [5.41, 5.74) is 3.24. The van der Waals surface area contributed by atoms with Crippen LogP contribution in [0.4, 0.5) is 5.69 Å². The van der Waals surface area contributed by atoms with E-state index in [1.165, 1.54) is 4.68 Å². The minimum absolute atomic E-state index is 0.126. The zero-order valence-electron chi connectivity index (χ0n) is 16.7. The molecule has 148 valence electrons. The Hall–Kier alpha value is -3.41. The molecule has 0 fully saturated rings. The largest absolute Gasteiger partial charge is 0.336 e. The summed E-state index contributed by atoms with van der Waals surface area (Å²) in [5.74, 6) is -0.273. The quantitative estimate of drug-likeness (QED) is 0.544. The summed E-state index contributed by atoms with van der Waals surface area (Å²) in [6, 6.07) is 15.7. The van der Waals surface area contributed by atoms with Crippen LogP contribution in [0.25, 0.3) is 21.8 Å². The molecule has 0 atom stereocenters. The van der Waals surface area contributed by atoms with Gasteiger partial charge in [0.1, 0.15) is 12.1 Å². The molecular formula is C23H24N4O2. The van der Waals surface area contributed by atoms with Gasteiger partial charge in [-0.2, -0.15) is 5.10 Å². The minimum atomic E-state index is -0.273. The van der Waals surface area contributed by atoms with Gasteiger partial charge in [0.25, 0.3) is 5.56 Å². The molecule has 2 aromatic carbocycles. The molecule has 0 spiro atoms. The Morgan fingerprint density at radius 2 is 1.90 bits per heavy atom. The van der Waals surface area contributed by atoms with Gasteiger partial charge in [-0.25, -0.2) is 4.68 Å². The second-order valence-electron chi connectivity index (χ2n) is 7.14. The van der Waals surface area contributed by atoms with Crippen LogP contribution < -0.4 is 10.9 Å². The number of nitrogens with one attached hydrogen (secondary N) is 1. The van der Waals surface area contributed by atoms with Crippen LogP contribution >= 0.6 is 0 Å². The lowest BCUT2D eigenvalue weighted by atomic mass is 10.1. The third-order valence-corrected chi connectivity index (χ3v) is 5.13. The molecule has 0 radical (unpaired) electrons. The van der Waals surface area contributed by atoms with Crippen molar-refractivity contribution < 1.29 is 4.79 Å². The zero-order valence-corrected chi connectivity index (χ0v) is 16.7. The van der Waals surface area contributed by atoms with Gasteiger partial charge in [-0.1, -0.05) is 44.2 Å². The van der Waals surface area contributed by atoms with Crippen LogP contribution in [0.1, 0.15) is 25.8 Å². The van der Waals surface area contributed by atoms with E-state index >= 15 is 0 Å². The number of fused-ring (bicyclic) bond motifs is 3. The van der Waals surface area contributed by atoms with E-state index in [0.29, 0.717) is 5.52 Å². The summed E-state index contributed by atoms with van der Waals surface area (Å²) in [4.78, 5) is 25.7. The summed E-state index contributed by atoms with van der Waals surface area (Å²) in [6.45, 7) is 4.76. The van der Waals surface area contributed by atoms with E-state index in [4.69, 9.17) is 0 Å². The number of hydrogen-bond acceptors (Lipinski definition) is 3. The summed E-state index contributed by atoms with van der Waals surface area (Å²) in [7, 11) is 0. The van der Waals surface area contributed by atoms with Crippen molar-refractivity contribution in [1.29, 1.82) is 0 Å². The molecule has 2 aromatic heterocycles. The molecular weight excluding hydrogens is 364 g/mol. The van der Waals surface area contributed by atoms with Gasteiger partial charge < -0.3 is 9.88 Å². The highest BCUT2D eigenvalue weighted by molar-refractivity contribution is 6.07. The molecule has 4 aromatic rings. The highest BCUT2D eigenvalue weighted by Gasteiger charge is 2.16. The van der Waals surface area contributed by atoms with Crippen LogP contribution in [0.2, 0.25) is 0 Å². The molecule has 1 amide bonds. The number of amides is 1. The van der Waals surface area contributed by atoms with Crippen molar-refractivity contribution >= 4 is 33.4 Å². The Balaban J connectivity index is 1.70. The summed E-state index contributed by atoms with van der Waals surface area (Å²) >= 11 is 0. The van der Waals surface area contributed by atoms with Gasteiger partial charge >= 0.3 is 0 Å². The highest BCUT2D eigenvalue weighted by Crippen LogP contribution is 2.26. The molecule has 0 unspecified atom stereocenters. The molecule has 29 heavy (non-hydrogen) atoms. The summed E-state index contributed by atoms with van der Waals surface area (Å²) < 4.78 is 3.28. The van der Waals surface area contributed by atoms with E-state index < -0.39 is 0 Å². The Kier molecular flexibility index (Phi) is 5.16. The Morgan fingerprint density at radius 1 is 1.07 bits per heavy atom. The topological polar surface area (TPSA) is 68.9 Å². The summed E-state index contributed by atoms with van der Waals surface area (Å²) in [5, 5.41) is 8.97. The molecule has 0 aliphatic rings. The van der Waals surface area contributed by atoms with Gasteiger partial charge in [-0.05, 0) is 36.6 Å². The summed E-state index contributed by atoms with van der Waals surface area (Å²) in [6.07, 6.45) is 3.49. The normalized spacial score (nSPS) is 11.2.